The molecule has 1 aromatic carbocycles. The Morgan fingerprint density at radius 1 is 1.04 bits per heavy atom. The van der Waals surface area contributed by atoms with Crippen molar-refractivity contribution in [3.63, 3.8) is 0 Å². The fourth-order valence-electron chi connectivity index (χ4n) is 3.35. The van der Waals surface area contributed by atoms with Crippen molar-refractivity contribution < 1.29 is 13.6 Å². The van der Waals surface area contributed by atoms with E-state index < -0.39 is 0 Å². The van der Waals surface area contributed by atoms with Crippen LogP contribution in [-0.2, 0) is 13.1 Å². The molecule has 0 saturated heterocycles. The number of aromatic nitrogens is 3. The van der Waals surface area contributed by atoms with Crippen molar-refractivity contribution in [2.45, 2.75) is 31.8 Å². The summed E-state index contributed by atoms with van der Waals surface area (Å²) in [6, 6.07) is 9.72. The van der Waals surface area contributed by atoms with Gasteiger partial charge in [-0.1, -0.05) is 18.2 Å². The van der Waals surface area contributed by atoms with Crippen molar-refractivity contribution in [1.82, 2.24) is 19.9 Å². The maximum atomic E-state index is 13.6. The SMILES string of the molecule is O=C(c1cc(C2CC2)nc2ccccc12)N(Cc1cocn1)Cc1cocn1. The maximum absolute atomic E-state index is 13.6. The lowest BCUT2D eigenvalue weighted by molar-refractivity contribution is 0.0727. The second-order valence-electron chi connectivity index (χ2n) is 7.01. The third-order valence-corrected chi connectivity index (χ3v) is 4.92. The van der Waals surface area contributed by atoms with Gasteiger partial charge in [-0.15, -0.1) is 0 Å². The normalized spacial score (nSPS) is 13.7. The summed E-state index contributed by atoms with van der Waals surface area (Å²) in [7, 11) is 0. The molecule has 0 atom stereocenters. The van der Waals surface area contributed by atoms with Crippen LogP contribution in [0.4, 0.5) is 0 Å². The van der Waals surface area contributed by atoms with E-state index in [1.165, 1.54) is 12.8 Å². The number of carbonyl (C=O) groups is 1. The molecule has 4 aromatic rings. The van der Waals surface area contributed by atoms with Crippen LogP contribution in [-0.4, -0.2) is 25.8 Å². The highest BCUT2D eigenvalue weighted by atomic mass is 16.3. The van der Waals surface area contributed by atoms with Crippen LogP contribution in [0.1, 0.15) is 46.2 Å². The number of benzene rings is 1. The van der Waals surface area contributed by atoms with Crippen LogP contribution >= 0.6 is 0 Å². The van der Waals surface area contributed by atoms with E-state index in [4.69, 9.17) is 13.8 Å². The molecule has 7 heteroatoms. The Labute approximate surface area is 161 Å². The lowest BCUT2D eigenvalue weighted by Crippen LogP contribution is -2.30. The molecule has 1 aliphatic rings. The summed E-state index contributed by atoms with van der Waals surface area (Å²) >= 11 is 0. The molecule has 140 valence electrons. The monoisotopic (exact) mass is 374 g/mol. The van der Waals surface area contributed by atoms with E-state index in [-0.39, 0.29) is 5.91 Å². The van der Waals surface area contributed by atoms with Crippen molar-refractivity contribution in [1.29, 1.82) is 0 Å². The second kappa shape index (κ2) is 6.92. The number of hydrogen-bond acceptors (Lipinski definition) is 6. The van der Waals surface area contributed by atoms with Gasteiger partial charge in [0.2, 0.25) is 0 Å². The number of amides is 1. The summed E-state index contributed by atoms with van der Waals surface area (Å²) in [6.45, 7) is 0.634. The quantitative estimate of drug-likeness (QED) is 0.508. The molecule has 0 spiro atoms. The summed E-state index contributed by atoms with van der Waals surface area (Å²) in [5.74, 6) is 0.363. The predicted octanol–water partition coefficient (Wildman–Crippen LogP) is 3.93. The Bertz CT molecular complexity index is 1070. The van der Waals surface area contributed by atoms with Gasteiger partial charge in [-0.05, 0) is 25.0 Å². The van der Waals surface area contributed by atoms with Gasteiger partial charge in [0.25, 0.3) is 5.91 Å². The second-order valence-corrected chi connectivity index (χ2v) is 7.01. The third kappa shape index (κ3) is 3.26. The smallest absolute Gasteiger partial charge is 0.255 e. The van der Waals surface area contributed by atoms with E-state index in [9.17, 15) is 4.79 Å². The molecule has 0 bridgehead atoms. The molecule has 1 amide bonds. The minimum atomic E-state index is -0.0912. The molecule has 5 rings (SSSR count). The average Bonchev–Trinajstić information content (AvgIpc) is 3.20. The summed E-state index contributed by atoms with van der Waals surface area (Å²) in [6.07, 6.45) is 8.07. The van der Waals surface area contributed by atoms with Gasteiger partial charge in [0.15, 0.2) is 12.8 Å². The summed E-state index contributed by atoms with van der Waals surface area (Å²) in [5.41, 5.74) is 3.85. The van der Waals surface area contributed by atoms with Crippen LogP contribution in [0.3, 0.4) is 0 Å². The first-order valence-corrected chi connectivity index (χ1v) is 9.21. The van der Waals surface area contributed by atoms with Gasteiger partial charge in [0, 0.05) is 17.0 Å². The van der Waals surface area contributed by atoms with Crippen LogP contribution < -0.4 is 0 Å². The number of carbonyl (C=O) groups excluding carboxylic acids is 1. The number of rotatable bonds is 6. The molecule has 0 unspecified atom stereocenters. The van der Waals surface area contributed by atoms with Gasteiger partial charge in [0.05, 0.1) is 35.6 Å². The highest BCUT2D eigenvalue weighted by Gasteiger charge is 2.28. The number of para-hydroxylation sites is 1. The first-order chi connectivity index (χ1) is 13.8. The zero-order valence-electron chi connectivity index (χ0n) is 15.1. The number of nitrogens with zero attached hydrogens (tertiary/aromatic N) is 4. The molecule has 3 aromatic heterocycles. The van der Waals surface area contributed by atoms with Crippen molar-refractivity contribution in [2.75, 3.05) is 0 Å². The van der Waals surface area contributed by atoms with Gasteiger partial charge in [-0.25, -0.2) is 9.97 Å². The molecule has 3 heterocycles. The highest BCUT2D eigenvalue weighted by Crippen LogP contribution is 2.40. The molecule has 1 saturated carbocycles. The first-order valence-electron chi connectivity index (χ1n) is 9.21. The highest BCUT2D eigenvalue weighted by molar-refractivity contribution is 6.06. The number of pyridine rings is 1. The summed E-state index contributed by atoms with van der Waals surface area (Å²) in [4.78, 5) is 28.4. The minimum Gasteiger partial charge on any atom is -0.451 e. The van der Waals surface area contributed by atoms with E-state index in [1.54, 1.807) is 17.4 Å². The van der Waals surface area contributed by atoms with Crippen LogP contribution in [0, 0.1) is 0 Å². The number of fused-ring (bicyclic) bond motifs is 1. The molecule has 7 nitrogen and oxygen atoms in total. The summed E-state index contributed by atoms with van der Waals surface area (Å²) < 4.78 is 10.1. The third-order valence-electron chi connectivity index (χ3n) is 4.92. The largest absolute Gasteiger partial charge is 0.451 e. The molecule has 1 fully saturated rings. The van der Waals surface area contributed by atoms with E-state index >= 15 is 0 Å². The van der Waals surface area contributed by atoms with Crippen LogP contribution in [0.2, 0.25) is 0 Å². The lowest BCUT2D eigenvalue weighted by atomic mass is 10.0. The van der Waals surface area contributed by atoms with E-state index in [1.807, 2.05) is 30.3 Å². The van der Waals surface area contributed by atoms with E-state index in [0.717, 1.165) is 29.4 Å². The van der Waals surface area contributed by atoms with Crippen molar-refractivity contribution in [2.24, 2.45) is 0 Å². The van der Waals surface area contributed by atoms with Crippen LogP contribution in [0.15, 0.2) is 64.5 Å². The van der Waals surface area contributed by atoms with Crippen molar-refractivity contribution in [3.05, 3.63) is 78.3 Å². The standard InChI is InChI=1S/C21H18N4O3/c26-21(25(8-15-10-27-12-22-15)9-16-11-28-13-23-16)18-7-20(14-5-6-14)24-19-4-2-1-3-17(18)19/h1-4,7,10-14H,5-6,8-9H2. The van der Waals surface area contributed by atoms with Crippen molar-refractivity contribution >= 4 is 16.8 Å². The fourth-order valence-corrected chi connectivity index (χ4v) is 3.35. The topological polar surface area (TPSA) is 85.3 Å². The molecular formula is C21H18N4O3. The van der Waals surface area contributed by atoms with E-state index in [0.29, 0.717) is 36.0 Å². The average molecular weight is 374 g/mol. The zero-order chi connectivity index (χ0) is 18.9. The van der Waals surface area contributed by atoms with Gasteiger partial charge >= 0.3 is 0 Å². The first kappa shape index (κ1) is 16.7. The minimum absolute atomic E-state index is 0.0912. The lowest BCUT2D eigenvalue weighted by Gasteiger charge is -2.22. The Morgan fingerprint density at radius 3 is 2.32 bits per heavy atom. The van der Waals surface area contributed by atoms with Crippen LogP contribution in [0.25, 0.3) is 10.9 Å². The molecule has 1 aliphatic carbocycles. The van der Waals surface area contributed by atoms with Gasteiger partial charge in [0.1, 0.15) is 12.5 Å². The number of hydrogen-bond donors (Lipinski definition) is 0. The summed E-state index contributed by atoms with van der Waals surface area (Å²) in [5, 5.41) is 0.849. The van der Waals surface area contributed by atoms with E-state index in [2.05, 4.69) is 9.97 Å². The fraction of sp³-hybridized carbons (Fsp3) is 0.238. The van der Waals surface area contributed by atoms with Gasteiger partial charge < -0.3 is 13.7 Å². The molecule has 28 heavy (non-hydrogen) atoms. The molecule has 0 radical (unpaired) electrons. The maximum Gasteiger partial charge on any atom is 0.255 e. The molecule has 0 N–H and O–H groups in total. The van der Waals surface area contributed by atoms with Crippen LogP contribution in [0.5, 0.6) is 0 Å². The molecular weight excluding hydrogens is 356 g/mol. The Hall–Kier alpha value is -3.48. The van der Waals surface area contributed by atoms with Gasteiger partial charge in [-0.3, -0.25) is 9.78 Å². The predicted molar refractivity (Wildman–Crippen MR) is 100 cm³/mol. The molecule has 0 aliphatic heterocycles. The Balaban J connectivity index is 1.56. The zero-order valence-corrected chi connectivity index (χ0v) is 15.1. The van der Waals surface area contributed by atoms with Gasteiger partial charge in [-0.2, -0.15) is 0 Å². The van der Waals surface area contributed by atoms with Crippen molar-refractivity contribution in [3.8, 4) is 0 Å². The Kier molecular flexibility index (Phi) is 4.12. The number of oxazole rings is 2. The Morgan fingerprint density at radius 2 is 1.71 bits per heavy atom.